The third-order valence-electron chi connectivity index (χ3n) is 6.92. The van der Waals surface area contributed by atoms with Gasteiger partial charge in [-0.2, -0.15) is 0 Å². The molecule has 3 aromatic carbocycles. The number of fused-ring (bicyclic) bond motifs is 3. The molecule has 0 spiro atoms. The maximum absolute atomic E-state index is 13.2. The average molecular weight is 530 g/mol. The van der Waals surface area contributed by atoms with Gasteiger partial charge in [-0.05, 0) is 48.2 Å². The predicted molar refractivity (Wildman–Crippen MR) is 149 cm³/mol. The summed E-state index contributed by atoms with van der Waals surface area (Å²) in [5, 5.41) is 14.5. The molecule has 0 radical (unpaired) electrons. The largest absolute Gasteiger partial charge is 0.481 e. The fraction of sp³-hybridized carbons (Fsp3) is 0.323. The van der Waals surface area contributed by atoms with Gasteiger partial charge in [0.2, 0.25) is 5.91 Å². The quantitative estimate of drug-likeness (QED) is 0.321. The molecule has 1 aliphatic rings. The van der Waals surface area contributed by atoms with E-state index in [0.29, 0.717) is 13.0 Å². The van der Waals surface area contributed by atoms with E-state index < -0.39 is 18.1 Å². The standard InChI is InChI=1S/C31H35N3O5/c1-21(16-17-29(35)36)32-30(37)28(19-34(2)18-22-10-4-3-5-11-22)33-31(38)39-20-27-25-14-8-6-12-23(25)24-13-7-9-15-26(24)27/h3-15,21,27-28H,16-20H2,1-2H3,(H,32,37)(H,33,38)(H,35,36). The normalized spacial score (nSPS) is 13.7. The summed E-state index contributed by atoms with van der Waals surface area (Å²) in [5.41, 5.74) is 5.57. The van der Waals surface area contributed by atoms with Gasteiger partial charge in [-0.15, -0.1) is 0 Å². The number of carbonyl (C=O) groups is 3. The molecular formula is C31H35N3O5. The van der Waals surface area contributed by atoms with Crippen molar-refractivity contribution in [2.24, 2.45) is 0 Å². The number of carboxylic acid groups (broad SMARTS) is 1. The van der Waals surface area contributed by atoms with E-state index >= 15 is 0 Å². The van der Waals surface area contributed by atoms with E-state index in [2.05, 4.69) is 34.9 Å². The summed E-state index contributed by atoms with van der Waals surface area (Å²) in [6, 6.07) is 24.8. The Labute approximate surface area is 229 Å². The van der Waals surface area contributed by atoms with Gasteiger partial charge in [0.1, 0.15) is 12.6 Å². The van der Waals surface area contributed by atoms with Crippen molar-refractivity contribution < 1.29 is 24.2 Å². The van der Waals surface area contributed by atoms with E-state index in [9.17, 15) is 14.4 Å². The molecule has 2 amide bonds. The van der Waals surface area contributed by atoms with Crippen LogP contribution in [0.1, 0.15) is 42.4 Å². The molecule has 3 aromatic rings. The maximum atomic E-state index is 13.2. The summed E-state index contributed by atoms with van der Waals surface area (Å²) in [6.07, 6.45) is -0.443. The SMILES string of the molecule is CC(CCC(=O)O)NC(=O)C(CN(C)Cc1ccccc1)NC(=O)OCC1c2ccccc2-c2ccccc21. The fourth-order valence-electron chi connectivity index (χ4n) is 5.00. The van der Waals surface area contributed by atoms with Gasteiger partial charge in [0.05, 0.1) is 0 Å². The molecule has 0 aliphatic heterocycles. The highest BCUT2D eigenvalue weighted by Gasteiger charge is 2.30. The molecule has 8 heteroatoms. The first-order valence-electron chi connectivity index (χ1n) is 13.2. The second-order valence-electron chi connectivity index (χ2n) is 10.0. The van der Waals surface area contributed by atoms with Crippen molar-refractivity contribution in [2.75, 3.05) is 20.2 Å². The van der Waals surface area contributed by atoms with E-state index in [4.69, 9.17) is 9.84 Å². The highest BCUT2D eigenvalue weighted by Crippen LogP contribution is 2.44. The third kappa shape index (κ3) is 7.45. The third-order valence-corrected chi connectivity index (χ3v) is 6.92. The van der Waals surface area contributed by atoms with Gasteiger partial charge in [-0.1, -0.05) is 78.9 Å². The van der Waals surface area contributed by atoms with Gasteiger partial charge in [-0.25, -0.2) is 4.79 Å². The molecule has 204 valence electrons. The number of carboxylic acids is 1. The Hall–Kier alpha value is -4.17. The van der Waals surface area contributed by atoms with Gasteiger partial charge in [0.25, 0.3) is 0 Å². The molecular weight excluding hydrogens is 494 g/mol. The minimum absolute atomic E-state index is 0.0557. The zero-order chi connectivity index (χ0) is 27.8. The van der Waals surface area contributed by atoms with E-state index in [0.717, 1.165) is 27.8 Å². The van der Waals surface area contributed by atoms with Crippen LogP contribution in [0.2, 0.25) is 0 Å². The van der Waals surface area contributed by atoms with Gasteiger partial charge >= 0.3 is 12.1 Å². The first-order valence-corrected chi connectivity index (χ1v) is 13.2. The molecule has 2 unspecified atom stereocenters. The topological polar surface area (TPSA) is 108 Å². The summed E-state index contributed by atoms with van der Waals surface area (Å²) in [5.74, 6) is -1.40. The Balaban J connectivity index is 1.41. The molecule has 1 aliphatic carbocycles. The zero-order valence-corrected chi connectivity index (χ0v) is 22.3. The van der Waals surface area contributed by atoms with Crippen molar-refractivity contribution in [1.29, 1.82) is 0 Å². The first kappa shape index (κ1) is 27.9. The Morgan fingerprint density at radius 1 is 0.897 bits per heavy atom. The number of rotatable bonds is 12. The summed E-state index contributed by atoms with van der Waals surface area (Å²) >= 11 is 0. The van der Waals surface area contributed by atoms with Crippen LogP contribution in [-0.4, -0.2) is 60.3 Å². The molecule has 39 heavy (non-hydrogen) atoms. The van der Waals surface area contributed by atoms with Gasteiger partial charge in [0, 0.05) is 31.5 Å². The smallest absolute Gasteiger partial charge is 0.407 e. The number of nitrogens with one attached hydrogen (secondary N) is 2. The van der Waals surface area contributed by atoms with Crippen LogP contribution in [0.4, 0.5) is 4.79 Å². The van der Waals surface area contributed by atoms with Crippen LogP contribution in [0.3, 0.4) is 0 Å². The lowest BCUT2D eigenvalue weighted by Crippen LogP contribution is -2.53. The average Bonchev–Trinajstić information content (AvgIpc) is 3.24. The minimum atomic E-state index is -0.924. The van der Waals surface area contributed by atoms with Crippen LogP contribution in [0.5, 0.6) is 0 Å². The number of nitrogens with zero attached hydrogens (tertiary/aromatic N) is 1. The van der Waals surface area contributed by atoms with Crippen LogP contribution in [0.25, 0.3) is 11.1 Å². The fourth-order valence-corrected chi connectivity index (χ4v) is 5.00. The molecule has 0 heterocycles. The van der Waals surface area contributed by atoms with E-state index in [-0.39, 0.29) is 37.4 Å². The lowest BCUT2D eigenvalue weighted by Gasteiger charge is -2.26. The molecule has 2 atom stereocenters. The van der Waals surface area contributed by atoms with Crippen LogP contribution < -0.4 is 10.6 Å². The molecule has 3 N–H and O–H groups in total. The number of carbonyl (C=O) groups excluding carboxylic acids is 2. The van der Waals surface area contributed by atoms with Crippen molar-refractivity contribution in [1.82, 2.24) is 15.5 Å². The molecule has 0 bridgehead atoms. The molecule has 0 fully saturated rings. The number of aliphatic carboxylic acids is 1. The van der Waals surface area contributed by atoms with Crippen LogP contribution in [-0.2, 0) is 20.9 Å². The number of amides is 2. The lowest BCUT2D eigenvalue weighted by molar-refractivity contribution is -0.137. The second kappa shape index (κ2) is 13.1. The van der Waals surface area contributed by atoms with Crippen molar-refractivity contribution in [3.05, 3.63) is 95.6 Å². The number of benzene rings is 3. The van der Waals surface area contributed by atoms with Gasteiger partial charge < -0.3 is 20.5 Å². The van der Waals surface area contributed by atoms with E-state index in [1.165, 1.54) is 0 Å². The summed E-state index contributed by atoms with van der Waals surface area (Å²) in [4.78, 5) is 39.0. The number of likely N-dealkylation sites (N-methyl/N-ethyl adjacent to an activating group) is 1. The van der Waals surface area contributed by atoms with Crippen LogP contribution in [0.15, 0.2) is 78.9 Å². The highest BCUT2D eigenvalue weighted by molar-refractivity contribution is 5.86. The minimum Gasteiger partial charge on any atom is -0.481 e. The summed E-state index contributed by atoms with van der Waals surface area (Å²) in [7, 11) is 1.88. The zero-order valence-electron chi connectivity index (χ0n) is 22.3. The van der Waals surface area contributed by atoms with Crippen molar-refractivity contribution >= 4 is 18.0 Å². The first-order chi connectivity index (χ1) is 18.8. The highest BCUT2D eigenvalue weighted by atomic mass is 16.5. The number of alkyl carbamates (subject to hydrolysis) is 1. The monoisotopic (exact) mass is 529 g/mol. The molecule has 0 saturated carbocycles. The van der Waals surface area contributed by atoms with Crippen LogP contribution in [0, 0.1) is 0 Å². The predicted octanol–water partition coefficient (Wildman–Crippen LogP) is 4.40. The molecule has 0 saturated heterocycles. The van der Waals surface area contributed by atoms with Crippen molar-refractivity contribution in [3.8, 4) is 11.1 Å². The van der Waals surface area contributed by atoms with E-state index in [1.54, 1.807) is 6.92 Å². The van der Waals surface area contributed by atoms with Crippen molar-refractivity contribution in [3.63, 3.8) is 0 Å². The van der Waals surface area contributed by atoms with Crippen LogP contribution >= 0.6 is 0 Å². The summed E-state index contributed by atoms with van der Waals surface area (Å²) in [6.45, 7) is 2.73. The molecule has 4 rings (SSSR count). The Morgan fingerprint density at radius 3 is 2.10 bits per heavy atom. The maximum Gasteiger partial charge on any atom is 0.407 e. The number of ether oxygens (including phenoxy) is 1. The van der Waals surface area contributed by atoms with Crippen molar-refractivity contribution in [2.45, 2.75) is 44.3 Å². The summed E-state index contributed by atoms with van der Waals surface area (Å²) < 4.78 is 5.68. The molecule has 8 nitrogen and oxygen atoms in total. The number of hydrogen-bond acceptors (Lipinski definition) is 5. The van der Waals surface area contributed by atoms with E-state index in [1.807, 2.05) is 66.5 Å². The second-order valence-corrected chi connectivity index (χ2v) is 10.0. The Bertz CT molecular complexity index is 1250. The number of hydrogen-bond donors (Lipinski definition) is 3. The molecule has 0 aromatic heterocycles. The van der Waals surface area contributed by atoms with Gasteiger partial charge in [-0.3, -0.25) is 14.5 Å². The Morgan fingerprint density at radius 2 is 1.49 bits per heavy atom. The lowest BCUT2D eigenvalue weighted by atomic mass is 9.98. The Kier molecular flexibility index (Phi) is 9.33. The van der Waals surface area contributed by atoms with Gasteiger partial charge in [0.15, 0.2) is 0 Å².